The largest absolute Gasteiger partial charge is 0.480 e. The molecule has 5 nitrogen and oxygen atoms in total. The zero-order valence-corrected chi connectivity index (χ0v) is 12.8. The number of nitrogens with zero attached hydrogens (tertiary/aromatic N) is 2. The second kappa shape index (κ2) is 7.77. The fraction of sp³-hybridized carbons (Fsp3) is 0.667. The summed E-state index contributed by atoms with van der Waals surface area (Å²) < 4.78 is 1.91. The van der Waals surface area contributed by atoms with Crippen LogP contribution in [-0.4, -0.2) is 32.7 Å². The van der Waals surface area contributed by atoms with Crippen molar-refractivity contribution in [2.45, 2.75) is 45.0 Å². The maximum absolute atomic E-state index is 10.6. The fourth-order valence-electron chi connectivity index (χ4n) is 1.66. The number of carboxylic acids is 1. The summed E-state index contributed by atoms with van der Waals surface area (Å²) in [6.07, 6.45) is 1.27. The Morgan fingerprint density at radius 2 is 2.26 bits per heavy atom. The van der Waals surface area contributed by atoms with Crippen LogP contribution in [0.3, 0.4) is 0 Å². The minimum absolute atomic E-state index is 0.457. The molecule has 3 N–H and O–H groups in total. The van der Waals surface area contributed by atoms with E-state index in [2.05, 4.69) is 5.10 Å². The number of aliphatic carboxylic acids is 1. The number of aromatic nitrogens is 2. The van der Waals surface area contributed by atoms with Crippen LogP contribution in [-0.2, 0) is 23.5 Å². The first-order chi connectivity index (χ1) is 9.01. The lowest BCUT2D eigenvalue weighted by Gasteiger charge is -2.07. The first kappa shape index (κ1) is 16.3. The summed E-state index contributed by atoms with van der Waals surface area (Å²) in [6, 6.07) is -0.787. The summed E-state index contributed by atoms with van der Waals surface area (Å²) in [5.41, 5.74) is 7.38. The van der Waals surface area contributed by atoms with Gasteiger partial charge in [0.05, 0.1) is 16.4 Å². The fourth-order valence-corrected chi connectivity index (χ4v) is 3.12. The van der Waals surface area contributed by atoms with Crippen LogP contribution < -0.4 is 5.73 Å². The molecule has 0 bridgehead atoms. The van der Waals surface area contributed by atoms with E-state index in [0.717, 1.165) is 35.1 Å². The molecule has 1 atom stereocenters. The number of carboxylic acid groups (broad SMARTS) is 1. The van der Waals surface area contributed by atoms with Crippen LogP contribution in [0.4, 0.5) is 0 Å². The van der Waals surface area contributed by atoms with E-state index in [9.17, 15) is 4.79 Å². The number of nitrogens with two attached hydrogens (primary N) is 1. The monoisotopic (exact) mass is 305 g/mol. The van der Waals surface area contributed by atoms with E-state index in [0.29, 0.717) is 12.2 Å². The number of carbonyl (C=O) groups is 1. The van der Waals surface area contributed by atoms with Crippen LogP contribution in [0.15, 0.2) is 0 Å². The molecule has 0 aromatic carbocycles. The van der Waals surface area contributed by atoms with Crippen LogP contribution in [0.5, 0.6) is 0 Å². The third-order valence-electron chi connectivity index (χ3n) is 2.82. The zero-order valence-electron chi connectivity index (χ0n) is 11.2. The summed E-state index contributed by atoms with van der Waals surface area (Å²) in [5.74, 6) is 0.470. The Kier molecular flexibility index (Phi) is 6.68. The van der Waals surface area contributed by atoms with Crippen molar-refractivity contribution >= 4 is 29.3 Å². The third kappa shape index (κ3) is 4.40. The SMILES string of the molecule is CCc1nn(CC)c(CSCCC(N)C(=O)O)c1Cl. The van der Waals surface area contributed by atoms with Crippen molar-refractivity contribution in [1.29, 1.82) is 0 Å². The smallest absolute Gasteiger partial charge is 0.320 e. The molecule has 19 heavy (non-hydrogen) atoms. The van der Waals surface area contributed by atoms with Gasteiger partial charge < -0.3 is 10.8 Å². The average molecular weight is 306 g/mol. The molecular formula is C12H20ClN3O2S. The molecule has 0 saturated heterocycles. The van der Waals surface area contributed by atoms with Crippen LogP contribution in [0.2, 0.25) is 5.02 Å². The minimum atomic E-state index is -0.953. The summed E-state index contributed by atoms with van der Waals surface area (Å²) in [6.45, 7) is 4.83. The Labute approximate surface area is 122 Å². The molecule has 1 aromatic rings. The first-order valence-corrected chi connectivity index (χ1v) is 7.84. The van der Waals surface area contributed by atoms with Gasteiger partial charge in [-0.3, -0.25) is 9.48 Å². The van der Waals surface area contributed by atoms with E-state index in [1.165, 1.54) is 0 Å². The zero-order chi connectivity index (χ0) is 14.4. The highest BCUT2D eigenvalue weighted by atomic mass is 35.5. The maximum Gasteiger partial charge on any atom is 0.320 e. The van der Waals surface area contributed by atoms with Gasteiger partial charge in [0.2, 0.25) is 0 Å². The Morgan fingerprint density at radius 3 is 2.79 bits per heavy atom. The lowest BCUT2D eigenvalue weighted by Crippen LogP contribution is -2.30. The van der Waals surface area contributed by atoms with Crippen molar-refractivity contribution < 1.29 is 9.90 Å². The van der Waals surface area contributed by atoms with E-state index in [-0.39, 0.29) is 0 Å². The molecule has 0 aliphatic heterocycles. The van der Waals surface area contributed by atoms with E-state index in [1.54, 1.807) is 11.8 Å². The summed E-state index contributed by atoms with van der Waals surface area (Å²) >= 11 is 7.92. The summed E-state index contributed by atoms with van der Waals surface area (Å²) in [5, 5.41) is 13.9. The Bertz CT molecular complexity index is 437. The van der Waals surface area contributed by atoms with Crippen LogP contribution >= 0.6 is 23.4 Å². The molecule has 7 heteroatoms. The molecular weight excluding hydrogens is 286 g/mol. The first-order valence-electron chi connectivity index (χ1n) is 6.31. The van der Waals surface area contributed by atoms with E-state index >= 15 is 0 Å². The van der Waals surface area contributed by atoms with Gasteiger partial charge in [-0.15, -0.1) is 0 Å². The number of rotatable bonds is 8. The highest BCUT2D eigenvalue weighted by Crippen LogP contribution is 2.25. The molecule has 1 rings (SSSR count). The van der Waals surface area contributed by atoms with Crippen molar-refractivity contribution in [3.63, 3.8) is 0 Å². The normalized spacial score (nSPS) is 12.6. The van der Waals surface area contributed by atoms with Gasteiger partial charge in [-0.1, -0.05) is 18.5 Å². The molecule has 1 aromatic heterocycles. The lowest BCUT2D eigenvalue weighted by molar-refractivity contribution is -0.138. The van der Waals surface area contributed by atoms with E-state index in [4.69, 9.17) is 22.4 Å². The van der Waals surface area contributed by atoms with Gasteiger partial charge in [0.1, 0.15) is 6.04 Å². The van der Waals surface area contributed by atoms with Crippen molar-refractivity contribution in [2.24, 2.45) is 5.73 Å². The minimum Gasteiger partial charge on any atom is -0.480 e. The summed E-state index contributed by atoms with van der Waals surface area (Å²) in [4.78, 5) is 10.6. The molecule has 1 heterocycles. The number of thioether (sulfide) groups is 1. The van der Waals surface area contributed by atoms with Crippen LogP contribution in [0.1, 0.15) is 31.7 Å². The number of aryl methyl sites for hydroxylation is 2. The molecule has 0 fully saturated rings. The Hall–Kier alpha value is -0.720. The predicted molar refractivity (Wildman–Crippen MR) is 78.7 cm³/mol. The Morgan fingerprint density at radius 1 is 1.58 bits per heavy atom. The third-order valence-corrected chi connectivity index (χ3v) is 4.26. The van der Waals surface area contributed by atoms with Crippen molar-refractivity contribution in [2.75, 3.05) is 5.75 Å². The van der Waals surface area contributed by atoms with Crippen molar-refractivity contribution in [1.82, 2.24) is 9.78 Å². The summed E-state index contributed by atoms with van der Waals surface area (Å²) in [7, 11) is 0. The molecule has 108 valence electrons. The lowest BCUT2D eigenvalue weighted by atomic mass is 10.2. The van der Waals surface area contributed by atoms with Gasteiger partial charge >= 0.3 is 5.97 Å². The van der Waals surface area contributed by atoms with Gasteiger partial charge in [-0.05, 0) is 25.5 Å². The van der Waals surface area contributed by atoms with E-state index in [1.807, 2.05) is 18.5 Å². The van der Waals surface area contributed by atoms with Crippen molar-refractivity contribution in [3.05, 3.63) is 16.4 Å². The molecule has 0 spiro atoms. The Balaban J connectivity index is 2.53. The van der Waals surface area contributed by atoms with Crippen molar-refractivity contribution in [3.8, 4) is 0 Å². The highest BCUT2D eigenvalue weighted by molar-refractivity contribution is 7.98. The number of hydrogen-bond donors (Lipinski definition) is 2. The second-order valence-corrected chi connectivity index (χ2v) is 5.65. The predicted octanol–water partition coefficient (Wildman–Crippen LogP) is 2.15. The van der Waals surface area contributed by atoms with E-state index < -0.39 is 12.0 Å². The van der Waals surface area contributed by atoms with Gasteiger partial charge in [0, 0.05) is 12.3 Å². The number of hydrogen-bond acceptors (Lipinski definition) is 4. The quantitative estimate of drug-likeness (QED) is 0.719. The second-order valence-electron chi connectivity index (χ2n) is 4.16. The van der Waals surface area contributed by atoms with Crippen LogP contribution in [0, 0.1) is 0 Å². The topological polar surface area (TPSA) is 81.1 Å². The molecule has 0 saturated carbocycles. The molecule has 0 aliphatic rings. The molecule has 1 unspecified atom stereocenters. The number of halogens is 1. The molecule has 0 amide bonds. The molecule has 0 radical (unpaired) electrons. The average Bonchev–Trinajstić information content (AvgIpc) is 2.70. The van der Waals surface area contributed by atoms with Gasteiger partial charge in [-0.2, -0.15) is 16.9 Å². The standard InChI is InChI=1S/C12H20ClN3O2S/c1-3-9-11(13)10(16(4-2)15-9)7-19-6-5-8(14)12(17)18/h8H,3-7,14H2,1-2H3,(H,17,18). The maximum atomic E-state index is 10.6. The van der Waals surface area contributed by atoms with Gasteiger partial charge in [-0.25, -0.2) is 0 Å². The molecule has 0 aliphatic carbocycles. The van der Waals surface area contributed by atoms with Crippen LogP contribution in [0.25, 0.3) is 0 Å². The van der Waals surface area contributed by atoms with Gasteiger partial charge in [0.25, 0.3) is 0 Å². The highest BCUT2D eigenvalue weighted by Gasteiger charge is 2.15. The van der Waals surface area contributed by atoms with Gasteiger partial charge in [0.15, 0.2) is 0 Å².